The van der Waals surface area contributed by atoms with E-state index in [0.717, 1.165) is 33.6 Å². The maximum atomic E-state index is 5.99. The standard InChI is InChI=1S/C11H14ClN3S/c1-2-3-7(13)11-14-6-8(15-11)9-4-5-10(12)16-9/h4-7H,2-3,13H2,1H3,(H,14,15). The van der Waals surface area contributed by atoms with Crippen LogP contribution in [0, 0.1) is 0 Å². The summed E-state index contributed by atoms with van der Waals surface area (Å²) in [6, 6.07) is 3.86. The maximum Gasteiger partial charge on any atom is 0.123 e. The number of rotatable bonds is 4. The van der Waals surface area contributed by atoms with Crippen LogP contribution in [0.2, 0.25) is 4.34 Å². The topological polar surface area (TPSA) is 54.7 Å². The third kappa shape index (κ3) is 2.45. The van der Waals surface area contributed by atoms with Gasteiger partial charge in [-0.15, -0.1) is 11.3 Å². The van der Waals surface area contributed by atoms with Gasteiger partial charge in [-0.2, -0.15) is 0 Å². The minimum Gasteiger partial charge on any atom is -0.340 e. The molecule has 0 bridgehead atoms. The molecule has 0 amide bonds. The zero-order valence-corrected chi connectivity index (χ0v) is 10.6. The first kappa shape index (κ1) is 11.6. The van der Waals surface area contributed by atoms with E-state index in [-0.39, 0.29) is 6.04 Å². The Morgan fingerprint density at radius 2 is 2.38 bits per heavy atom. The average molecular weight is 256 g/mol. The monoisotopic (exact) mass is 255 g/mol. The summed E-state index contributed by atoms with van der Waals surface area (Å²) < 4.78 is 0.781. The molecule has 0 saturated carbocycles. The Bertz CT molecular complexity index is 463. The van der Waals surface area contributed by atoms with Crippen LogP contribution >= 0.6 is 22.9 Å². The highest BCUT2D eigenvalue weighted by Crippen LogP contribution is 2.30. The first-order chi connectivity index (χ1) is 7.70. The van der Waals surface area contributed by atoms with Crippen LogP contribution in [0.4, 0.5) is 0 Å². The quantitative estimate of drug-likeness (QED) is 0.877. The van der Waals surface area contributed by atoms with E-state index in [4.69, 9.17) is 17.3 Å². The van der Waals surface area contributed by atoms with Crippen LogP contribution in [0.15, 0.2) is 18.3 Å². The summed E-state index contributed by atoms with van der Waals surface area (Å²) in [7, 11) is 0. The van der Waals surface area contributed by atoms with E-state index in [0.29, 0.717) is 0 Å². The molecule has 1 unspecified atom stereocenters. The van der Waals surface area contributed by atoms with Crippen LogP contribution in [-0.2, 0) is 0 Å². The fraction of sp³-hybridized carbons (Fsp3) is 0.364. The maximum absolute atomic E-state index is 5.99. The van der Waals surface area contributed by atoms with Gasteiger partial charge in [0, 0.05) is 0 Å². The number of aromatic amines is 1. The van der Waals surface area contributed by atoms with Gasteiger partial charge in [-0.3, -0.25) is 0 Å². The van der Waals surface area contributed by atoms with Gasteiger partial charge in [0.15, 0.2) is 0 Å². The van der Waals surface area contributed by atoms with Crippen molar-refractivity contribution in [2.24, 2.45) is 5.73 Å². The number of hydrogen-bond donors (Lipinski definition) is 2. The van der Waals surface area contributed by atoms with E-state index in [1.807, 2.05) is 18.3 Å². The highest BCUT2D eigenvalue weighted by molar-refractivity contribution is 7.19. The molecule has 3 nitrogen and oxygen atoms in total. The summed E-state index contributed by atoms with van der Waals surface area (Å²) in [5.41, 5.74) is 6.97. The third-order valence-corrected chi connectivity index (χ3v) is 3.65. The van der Waals surface area contributed by atoms with Gasteiger partial charge < -0.3 is 10.7 Å². The molecule has 0 aliphatic carbocycles. The van der Waals surface area contributed by atoms with Crippen molar-refractivity contribution < 1.29 is 0 Å². The van der Waals surface area contributed by atoms with Gasteiger partial charge in [-0.1, -0.05) is 24.9 Å². The molecule has 86 valence electrons. The van der Waals surface area contributed by atoms with Crippen LogP contribution < -0.4 is 5.73 Å². The molecule has 0 fully saturated rings. The van der Waals surface area contributed by atoms with Crippen molar-refractivity contribution >= 4 is 22.9 Å². The van der Waals surface area contributed by atoms with E-state index in [9.17, 15) is 0 Å². The van der Waals surface area contributed by atoms with E-state index in [1.165, 1.54) is 11.3 Å². The Balaban J connectivity index is 2.19. The van der Waals surface area contributed by atoms with Crippen molar-refractivity contribution in [3.63, 3.8) is 0 Å². The Morgan fingerprint density at radius 3 is 3.00 bits per heavy atom. The Morgan fingerprint density at radius 1 is 1.56 bits per heavy atom. The second-order valence-corrected chi connectivity index (χ2v) is 5.40. The van der Waals surface area contributed by atoms with Gasteiger partial charge in [0.05, 0.1) is 27.1 Å². The molecular formula is C11H14ClN3S. The number of thiophene rings is 1. The van der Waals surface area contributed by atoms with Crippen LogP contribution in [0.1, 0.15) is 31.6 Å². The number of halogens is 1. The van der Waals surface area contributed by atoms with E-state index in [1.54, 1.807) is 0 Å². The number of nitrogens with one attached hydrogen (secondary N) is 1. The van der Waals surface area contributed by atoms with Crippen LogP contribution in [0.3, 0.4) is 0 Å². The first-order valence-electron chi connectivity index (χ1n) is 5.27. The summed E-state index contributed by atoms with van der Waals surface area (Å²) in [5.74, 6) is 0.848. The van der Waals surface area contributed by atoms with E-state index >= 15 is 0 Å². The number of imidazole rings is 1. The average Bonchev–Trinajstić information content (AvgIpc) is 2.85. The van der Waals surface area contributed by atoms with Gasteiger partial charge in [-0.25, -0.2) is 4.98 Å². The third-order valence-electron chi connectivity index (χ3n) is 2.39. The molecule has 2 heterocycles. The largest absolute Gasteiger partial charge is 0.340 e. The summed E-state index contributed by atoms with van der Waals surface area (Å²) in [4.78, 5) is 8.64. The highest BCUT2D eigenvalue weighted by Gasteiger charge is 2.11. The molecule has 0 radical (unpaired) electrons. The molecule has 3 N–H and O–H groups in total. The molecule has 0 spiro atoms. The number of nitrogens with zero attached hydrogens (tertiary/aromatic N) is 1. The van der Waals surface area contributed by atoms with Crippen molar-refractivity contribution in [2.45, 2.75) is 25.8 Å². The summed E-state index contributed by atoms with van der Waals surface area (Å²) in [6.07, 6.45) is 3.81. The predicted molar refractivity (Wildman–Crippen MR) is 68.7 cm³/mol. The van der Waals surface area contributed by atoms with Gasteiger partial charge >= 0.3 is 0 Å². The molecular weight excluding hydrogens is 242 g/mol. The van der Waals surface area contributed by atoms with Crippen molar-refractivity contribution in [1.29, 1.82) is 0 Å². The summed E-state index contributed by atoms with van der Waals surface area (Å²) in [6.45, 7) is 2.11. The lowest BCUT2D eigenvalue weighted by molar-refractivity contribution is 0.609. The lowest BCUT2D eigenvalue weighted by atomic mass is 10.2. The van der Waals surface area contributed by atoms with Crippen molar-refractivity contribution in [3.05, 3.63) is 28.5 Å². The molecule has 16 heavy (non-hydrogen) atoms. The van der Waals surface area contributed by atoms with Crippen LogP contribution in [-0.4, -0.2) is 9.97 Å². The van der Waals surface area contributed by atoms with E-state index in [2.05, 4.69) is 16.9 Å². The Hall–Kier alpha value is -0.840. The fourth-order valence-electron chi connectivity index (χ4n) is 1.56. The molecule has 5 heteroatoms. The zero-order chi connectivity index (χ0) is 11.5. The smallest absolute Gasteiger partial charge is 0.123 e. The summed E-state index contributed by atoms with van der Waals surface area (Å²) >= 11 is 7.42. The summed E-state index contributed by atoms with van der Waals surface area (Å²) in [5, 5.41) is 0. The van der Waals surface area contributed by atoms with Crippen molar-refractivity contribution in [1.82, 2.24) is 9.97 Å². The Labute approximate surface area is 104 Å². The minimum absolute atomic E-state index is 0.00539. The molecule has 2 aromatic rings. The number of aromatic nitrogens is 2. The highest BCUT2D eigenvalue weighted by atomic mass is 35.5. The molecule has 0 saturated heterocycles. The normalized spacial score (nSPS) is 12.9. The van der Waals surface area contributed by atoms with Gasteiger partial charge in [0.25, 0.3) is 0 Å². The zero-order valence-electron chi connectivity index (χ0n) is 9.03. The lowest BCUT2D eigenvalue weighted by Crippen LogP contribution is -2.11. The number of H-pyrrole nitrogens is 1. The second kappa shape index (κ2) is 4.99. The van der Waals surface area contributed by atoms with Crippen molar-refractivity contribution in [3.8, 4) is 10.6 Å². The fourth-order valence-corrected chi connectivity index (χ4v) is 2.57. The lowest BCUT2D eigenvalue weighted by Gasteiger charge is -2.05. The van der Waals surface area contributed by atoms with Gasteiger partial charge in [-0.05, 0) is 18.6 Å². The Kier molecular flexibility index (Phi) is 3.63. The second-order valence-electron chi connectivity index (χ2n) is 3.68. The first-order valence-corrected chi connectivity index (χ1v) is 6.46. The van der Waals surface area contributed by atoms with Gasteiger partial charge in [0.1, 0.15) is 5.82 Å². The molecule has 0 aliphatic rings. The van der Waals surface area contributed by atoms with Crippen molar-refractivity contribution in [2.75, 3.05) is 0 Å². The minimum atomic E-state index is -0.00539. The van der Waals surface area contributed by atoms with E-state index < -0.39 is 0 Å². The molecule has 0 aromatic carbocycles. The molecule has 2 aromatic heterocycles. The van der Waals surface area contributed by atoms with Crippen LogP contribution in [0.25, 0.3) is 10.6 Å². The molecule has 0 aliphatic heterocycles. The molecule has 2 rings (SSSR count). The SMILES string of the molecule is CCCC(N)c1ncc(-c2ccc(Cl)s2)[nH]1. The number of nitrogens with two attached hydrogens (primary N) is 1. The number of hydrogen-bond acceptors (Lipinski definition) is 3. The predicted octanol–water partition coefficient (Wildman–Crippen LogP) is 3.59. The van der Waals surface area contributed by atoms with Gasteiger partial charge in [0.2, 0.25) is 0 Å². The van der Waals surface area contributed by atoms with Crippen LogP contribution in [0.5, 0.6) is 0 Å². The molecule has 1 atom stereocenters.